The molecule has 4 heteroatoms. The number of nitrogens with two attached hydrogens (primary N) is 1. The smallest absolute Gasteiger partial charge is 0.248 e. The normalized spacial score (nSPS) is 12.5. The molecule has 0 aliphatic heterocycles. The molecule has 1 aromatic carbocycles. The van der Waals surface area contributed by atoms with E-state index in [1.54, 1.807) is 18.2 Å². The van der Waals surface area contributed by atoms with Gasteiger partial charge in [0, 0.05) is 18.2 Å². The van der Waals surface area contributed by atoms with Crippen molar-refractivity contribution >= 4 is 5.91 Å². The number of aliphatic hydroxyl groups is 1. The number of ether oxygens (including phenoxy) is 1. The molecule has 0 bridgehead atoms. The molecule has 1 rings (SSSR count). The Morgan fingerprint density at radius 3 is 2.85 bits per heavy atom. The minimum absolute atomic E-state index is 0.355. The zero-order valence-electron chi connectivity index (χ0n) is 7.23. The fraction of sp³-hybridized carbons (Fsp3) is 0.222. The first-order valence-electron chi connectivity index (χ1n) is 3.75. The molecular weight excluding hydrogens is 170 g/mol. The van der Waals surface area contributed by atoms with Gasteiger partial charge in [0.05, 0.1) is 0 Å². The SMILES string of the molecule is COC(O)c1cccc(C(N)=O)c1. The molecule has 0 heterocycles. The lowest BCUT2D eigenvalue weighted by atomic mass is 10.1. The Morgan fingerprint density at radius 2 is 2.31 bits per heavy atom. The van der Waals surface area contributed by atoms with Gasteiger partial charge in [-0.1, -0.05) is 12.1 Å². The molecule has 0 aromatic heterocycles. The van der Waals surface area contributed by atoms with Gasteiger partial charge >= 0.3 is 0 Å². The Labute approximate surface area is 75.9 Å². The van der Waals surface area contributed by atoms with E-state index in [2.05, 4.69) is 4.74 Å². The summed E-state index contributed by atoms with van der Waals surface area (Å²) in [6, 6.07) is 6.36. The van der Waals surface area contributed by atoms with Gasteiger partial charge in [-0.3, -0.25) is 4.79 Å². The molecule has 0 aliphatic carbocycles. The number of hydrogen-bond acceptors (Lipinski definition) is 3. The van der Waals surface area contributed by atoms with Crippen molar-refractivity contribution in [3.05, 3.63) is 35.4 Å². The number of primary amides is 1. The van der Waals surface area contributed by atoms with Crippen LogP contribution in [0.4, 0.5) is 0 Å². The van der Waals surface area contributed by atoms with Crippen molar-refractivity contribution in [1.82, 2.24) is 0 Å². The number of methoxy groups -OCH3 is 1. The predicted molar refractivity (Wildman–Crippen MR) is 46.9 cm³/mol. The molecule has 13 heavy (non-hydrogen) atoms. The Balaban J connectivity index is 2.98. The number of hydrogen-bond donors (Lipinski definition) is 2. The second-order valence-electron chi connectivity index (χ2n) is 2.58. The van der Waals surface area contributed by atoms with Gasteiger partial charge in [0.15, 0.2) is 6.29 Å². The van der Waals surface area contributed by atoms with Crippen LogP contribution in [0.1, 0.15) is 22.2 Å². The second-order valence-corrected chi connectivity index (χ2v) is 2.58. The summed E-state index contributed by atoms with van der Waals surface area (Å²) in [5.41, 5.74) is 5.93. The lowest BCUT2D eigenvalue weighted by molar-refractivity contribution is -0.0769. The van der Waals surface area contributed by atoms with Crippen LogP contribution in [0, 0.1) is 0 Å². The molecule has 1 amide bonds. The number of benzene rings is 1. The van der Waals surface area contributed by atoms with Crippen molar-refractivity contribution in [3.63, 3.8) is 0 Å². The highest BCUT2D eigenvalue weighted by Gasteiger charge is 2.07. The van der Waals surface area contributed by atoms with Crippen LogP contribution in [0.25, 0.3) is 0 Å². The number of carbonyl (C=O) groups excluding carboxylic acids is 1. The third-order valence-electron chi connectivity index (χ3n) is 1.68. The molecular formula is C9H11NO3. The summed E-state index contributed by atoms with van der Waals surface area (Å²) in [6.45, 7) is 0. The van der Waals surface area contributed by atoms with Crippen LogP contribution >= 0.6 is 0 Å². The summed E-state index contributed by atoms with van der Waals surface area (Å²) in [5.74, 6) is -0.523. The van der Waals surface area contributed by atoms with Crippen molar-refractivity contribution in [3.8, 4) is 0 Å². The van der Waals surface area contributed by atoms with Crippen molar-refractivity contribution < 1.29 is 14.6 Å². The summed E-state index contributed by atoms with van der Waals surface area (Å²) in [5, 5.41) is 9.26. The van der Waals surface area contributed by atoms with E-state index in [4.69, 9.17) is 5.73 Å². The maximum absolute atomic E-state index is 10.8. The number of amides is 1. The van der Waals surface area contributed by atoms with Crippen LogP contribution in [0.3, 0.4) is 0 Å². The van der Waals surface area contributed by atoms with Gasteiger partial charge in [-0.2, -0.15) is 0 Å². The number of carbonyl (C=O) groups is 1. The van der Waals surface area contributed by atoms with Crippen LogP contribution in [0.15, 0.2) is 24.3 Å². The monoisotopic (exact) mass is 181 g/mol. The zero-order valence-corrected chi connectivity index (χ0v) is 7.23. The van der Waals surface area contributed by atoms with Gasteiger partial charge < -0.3 is 15.6 Å². The minimum atomic E-state index is -1.01. The molecule has 0 fully saturated rings. The summed E-state index contributed by atoms with van der Waals surface area (Å²) < 4.78 is 4.67. The van der Waals surface area contributed by atoms with E-state index in [0.717, 1.165) is 0 Å². The average Bonchev–Trinajstić information content (AvgIpc) is 2.17. The first-order valence-corrected chi connectivity index (χ1v) is 3.75. The van der Waals surface area contributed by atoms with Crippen molar-refractivity contribution in [2.24, 2.45) is 5.73 Å². The van der Waals surface area contributed by atoms with Crippen molar-refractivity contribution in [1.29, 1.82) is 0 Å². The maximum atomic E-state index is 10.8. The molecule has 1 unspecified atom stereocenters. The third kappa shape index (κ3) is 2.27. The van der Waals surface area contributed by atoms with Gasteiger partial charge in [-0.15, -0.1) is 0 Å². The molecule has 3 N–H and O–H groups in total. The number of rotatable bonds is 3. The first-order chi connectivity index (χ1) is 6.15. The van der Waals surface area contributed by atoms with Gasteiger partial charge in [-0.25, -0.2) is 0 Å². The van der Waals surface area contributed by atoms with Gasteiger partial charge in [0.25, 0.3) is 0 Å². The Morgan fingerprint density at radius 1 is 1.62 bits per heavy atom. The molecule has 0 saturated carbocycles. The largest absolute Gasteiger partial charge is 0.366 e. The summed E-state index contributed by atoms with van der Waals surface area (Å²) >= 11 is 0. The first kappa shape index (κ1) is 9.70. The zero-order chi connectivity index (χ0) is 9.84. The molecule has 0 saturated heterocycles. The van der Waals surface area contributed by atoms with E-state index in [9.17, 15) is 9.90 Å². The average molecular weight is 181 g/mol. The quantitative estimate of drug-likeness (QED) is 0.664. The second kappa shape index (κ2) is 4.02. The molecule has 0 aliphatic rings. The fourth-order valence-electron chi connectivity index (χ4n) is 0.982. The van der Waals surface area contributed by atoms with E-state index in [1.807, 2.05) is 0 Å². The highest BCUT2D eigenvalue weighted by molar-refractivity contribution is 5.92. The Kier molecular flexibility index (Phi) is 3.00. The van der Waals surface area contributed by atoms with Gasteiger partial charge in [0.1, 0.15) is 0 Å². The lowest BCUT2D eigenvalue weighted by Gasteiger charge is -2.08. The predicted octanol–water partition coefficient (Wildman–Crippen LogP) is 0.423. The van der Waals surface area contributed by atoms with E-state index < -0.39 is 12.2 Å². The summed E-state index contributed by atoms with van der Waals surface area (Å²) in [6.07, 6.45) is -1.01. The highest BCUT2D eigenvalue weighted by atomic mass is 16.6. The van der Waals surface area contributed by atoms with Gasteiger partial charge in [0.2, 0.25) is 5.91 Å². The van der Waals surface area contributed by atoms with Gasteiger partial charge in [-0.05, 0) is 12.1 Å². The van der Waals surface area contributed by atoms with Crippen LogP contribution in [0.2, 0.25) is 0 Å². The van der Waals surface area contributed by atoms with Crippen molar-refractivity contribution in [2.75, 3.05) is 7.11 Å². The van der Waals surface area contributed by atoms with Crippen LogP contribution in [0.5, 0.6) is 0 Å². The molecule has 0 radical (unpaired) electrons. The fourth-order valence-corrected chi connectivity index (χ4v) is 0.982. The topological polar surface area (TPSA) is 72.6 Å². The molecule has 70 valence electrons. The van der Waals surface area contributed by atoms with Crippen LogP contribution in [-0.4, -0.2) is 18.1 Å². The highest BCUT2D eigenvalue weighted by Crippen LogP contribution is 2.14. The Hall–Kier alpha value is -1.39. The number of aliphatic hydroxyl groups excluding tert-OH is 1. The standard InChI is InChI=1S/C9H11NO3/c1-13-9(12)7-4-2-3-6(5-7)8(10)11/h2-5,9,12H,1H3,(H2,10,11). The Bertz CT molecular complexity index is 311. The van der Waals surface area contributed by atoms with E-state index >= 15 is 0 Å². The summed E-state index contributed by atoms with van der Waals surface area (Å²) in [7, 11) is 1.38. The van der Waals surface area contributed by atoms with E-state index in [1.165, 1.54) is 13.2 Å². The molecule has 4 nitrogen and oxygen atoms in total. The van der Waals surface area contributed by atoms with Crippen molar-refractivity contribution in [2.45, 2.75) is 6.29 Å². The van der Waals surface area contributed by atoms with E-state index in [-0.39, 0.29) is 0 Å². The van der Waals surface area contributed by atoms with Crippen LogP contribution < -0.4 is 5.73 Å². The summed E-state index contributed by atoms with van der Waals surface area (Å²) in [4.78, 5) is 10.8. The van der Waals surface area contributed by atoms with Crippen LogP contribution in [-0.2, 0) is 4.74 Å². The van der Waals surface area contributed by atoms with E-state index in [0.29, 0.717) is 11.1 Å². The molecule has 0 spiro atoms. The third-order valence-corrected chi connectivity index (χ3v) is 1.68. The maximum Gasteiger partial charge on any atom is 0.248 e. The molecule has 1 atom stereocenters. The minimum Gasteiger partial charge on any atom is -0.366 e. The molecule has 1 aromatic rings. The lowest BCUT2D eigenvalue weighted by Crippen LogP contribution is -2.11.